The Hall–Kier alpha value is -7.69. The van der Waals surface area contributed by atoms with Gasteiger partial charge in [-0.3, -0.25) is 0 Å². The van der Waals surface area contributed by atoms with E-state index < -0.39 is 0 Å². The van der Waals surface area contributed by atoms with E-state index in [1.165, 1.54) is 21.9 Å². The Labute approximate surface area is 329 Å². The molecule has 0 unspecified atom stereocenters. The summed E-state index contributed by atoms with van der Waals surface area (Å²) in [7, 11) is 0. The molecule has 0 amide bonds. The molecule has 0 aliphatic rings. The second-order valence-electron chi connectivity index (χ2n) is 14.3. The van der Waals surface area contributed by atoms with Gasteiger partial charge in [-0.15, -0.1) is 0 Å². The van der Waals surface area contributed by atoms with Crippen molar-refractivity contribution in [3.05, 3.63) is 206 Å². The normalized spacial score (nSPS) is 11.5. The first-order valence-electron chi connectivity index (χ1n) is 19.2. The summed E-state index contributed by atoms with van der Waals surface area (Å²) in [5.74, 6) is 0.597. The molecular formula is C53H34N2O2. The van der Waals surface area contributed by atoms with Gasteiger partial charge in [0.1, 0.15) is 16.7 Å². The lowest BCUT2D eigenvalue weighted by Crippen LogP contribution is -2.11. The first-order chi connectivity index (χ1) is 28.2. The molecule has 0 fully saturated rings. The van der Waals surface area contributed by atoms with Gasteiger partial charge in [-0.05, 0) is 93.2 Å². The van der Waals surface area contributed by atoms with Crippen LogP contribution in [0.25, 0.3) is 88.6 Å². The van der Waals surface area contributed by atoms with Crippen molar-refractivity contribution in [3.63, 3.8) is 0 Å². The van der Waals surface area contributed by atoms with Gasteiger partial charge in [-0.2, -0.15) is 0 Å². The van der Waals surface area contributed by atoms with Crippen molar-refractivity contribution in [2.45, 2.75) is 0 Å². The fourth-order valence-corrected chi connectivity index (χ4v) is 8.21. The summed E-state index contributed by atoms with van der Waals surface area (Å²) in [6.07, 6.45) is 0. The van der Waals surface area contributed by atoms with Crippen LogP contribution < -0.4 is 4.90 Å². The fourth-order valence-electron chi connectivity index (χ4n) is 8.21. The smallest absolute Gasteiger partial charge is 0.227 e. The number of furan rings is 1. The number of hydrogen-bond acceptors (Lipinski definition) is 4. The van der Waals surface area contributed by atoms with Gasteiger partial charge in [0.15, 0.2) is 5.58 Å². The van der Waals surface area contributed by atoms with Gasteiger partial charge in [0.2, 0.25) is 5.89 Å². The Morgan fingerprint density at radius 2 is 0.947 bits per heavy atom. The second-order valence-corrected chi connectivity index (χ2v) is 14.3. The molecule has 0 saturated heterocycles. The van der Waals surface area contributed by atoms with Crippen LogP contribution in [0.1, 0.15) is 0 Å². The third-order valence-electron chi connectivity index (χ3n) is 10.9. The van der Waals surface area contributed by atoms with E-state index in [-0.39, 0.29) is 0 Å². The first-order valence-corrected chi connectivity index (χ1v) is 19.2. The van der Waals surface area contributed by atoms with Gasteiger partial charge in [-0.1, -0.05) is 146 Å². The summed E-state index contributed by atoms with van der Waals surface area (Å²) in [5, 5.41) is 4.53. The summed E-state index contributed by atoms with van der Waals surface area (Å²) < 4.78 is 12.7. The Morgan fingerprint density at radius 3 is 1.72 bits per heavy atom. The van der Waals surface area contributed by atoms with Crippen molar-refractivity contribution in [1.29, 1.82) is 0 Å². The zero-order valence-electron chi connectivity index (χ0n) is 30.8. The van der Waals surface area contributed by atoms with E-state index in [2.05, 4.69) is 169 Å². The summed E-state index contributed by atoms with van der Waals surface area (Å²) >= 11 is 0. The maximum atomic E-state index is 6.45. The molecule has 0 bridgehead atoms. The van der Waals surface area contributed by atoms with Gasteiger partial charge >= 0.3 is 0 Å². The molecule has 11 aromatic rings. The molecule has 0 atom stereocenters. The number of aromatic nitrogens is 1. The lowest BCUT2D eigenvalue weighted by Gasteiger charge is -2.28. The molecule has 2 aromatic heterocycles. The van der Waals surface area contributed by atoms with E-state index in [1.54, 1.807) is 0 Å². The van der Waals surface area contributed by atoms with Gasteiger partial charge in [-0.25, -0.2) is 4.98 Å². The molecule has 11 rings (SSSR count). The summed E-state index contributed by atoms with van der Waals surface area (Å²) in [5.41, 5.74) is 14.2. The Balaban J connectivity index is 1.02. The zero-order valence-corrected chi connectivity index (χ0v) is 30.8. The number of anilines is 3. The predicted molar refractivity (Wildman–Crippen MR) is 235 cm³/mol. The molecule has 0 radical (unpaired) electrons. The third-order valence-corrected chi connectivity index (χ3v) is 10.9. The van der Waals surface area contributed by atoms with Crippen molar-refractivity contribution in [2.24, 2.45) is 0 Å². The van der Waals surface area contributed by atoms with Crippen molar-refractivity contribution in [3.8, 4) is 44.8 Å². The van der Waals surface area contributed by atoms with Gasteiger partial charge in [0.05, 0.1) is 5.69 Å². The van der Waals surface area contributed by atoms with Crippen LogP contribution in [0.15, 0.2) is 215 Å². The molecule has 268 valence electrons. The molecule has 4 nitrogen and oxygen atoms in total. The minimum absolute atomic E-state index is 0.597. The van der Waals surface area contributed by atoms with Crippen LogP contribution in [0.5, 0.6) is 0 Å². The molecule has 9 aromatic carbocycles. The van der Waals surface area contributed by atoms with E-state index in [4.69, 9.17) is 13.8 Å². The van der Waals surface area contributed by atoms with Crippen LogP contribution in [0.3, 0.4) is 0 Å². The maximum Gasteiger partial charge on any atom is 0.227 e. The highest BCUT2D eigenvalue weighted by Crippen LogP contribution is 2.44. The second kappa shape index (κ2) is 13.6. The minimum Gasteiger partial charge on any atom is -0.456 e. The van der Waals surface area contributed by atoms with Crippen LogP contribution in [-0.2, 0) is 0 Å². The number of rotatable bonds is 7. The molecule has 2 heterocycles. The SMILES string of the molecule is c1ccc(-c2nc3cc4oc5cccc(-c6ccc(N(c7ccc(-c8cccc9ccccc89)cc7)c7ccccc7-c7ccccc7)cc6)c5c4cc3o2)cc1. The van der Waals surface area contributed by atoms with Gasteiger partial charge in [0.25, 0.3) is 0 Å². The van der Waals surface area contributed by atoms with Gasteiger partial charge in [0, 0.05) is 39.3 Å². The van der Waals surface area contributed by atoms with Crippen molar-refractivity contribution >= 4 is 60.9 Å². The van der Waals surface area contributed by atoms with Crippen LogP contribution >= 0.6 is 0 Å². The summed E-state index contributed by atoms with van der Waals surface area (Å²) in [4.78, 5) is 7.15. The lowest BCUT2D eigenvalue weighted by atomic mass is 9.97. The fraction of sp³-hybridized carbons (Fsp3) is 0. The first kappa shape index (κ1) is 32.7. The Morgan fingerprint density at radius 1 is 0.368 bits per heavy atom. The van der Waals surface area contributed by atoms with E-state index >= 15 is 0 Å². The molecule has 0 aliphatic carbocycles. The zero-order chi connectivity index (χ0) is 37.7. The molecular weight excluding hydrogens is 697 g/mol. The monoisotopic (exact) mass is 730 g/mol. The van der Waals surface area contributed by atoms with Crippen LogP contribution in [0, 0.1) is 0 Å². The highest BCUT2D eigenvalue weighted by atomic mass is 16.4. The number of fused-ring (bicyclic) bond motifs is 5. The predicted octanol–water partition coefficient (Wildman–Crippen LogP) is 15.0. The third kappa shape index (κ3) is 5.74. The molecule has 0 aliphatic heterocycles. The highest BCUT2D eigenvalue weighted by Gasteiger charge is 2.20. The summed E-state index contributed by atoms with van der Waals surface area (Å²) in [6.45, 7) is 0. The molecule has 4 heteroatoms. The average Bonchev–Trinajstić information content (AvgIpc) is 3.87. The van der Waals surface area contributed by atoms with E-state index in [0.717, 1.165) is 77.9 Å². The van der Waals surface area contributed by atoms with Crippen molar-refractivity contribution in [1.82, 2.24) is 4.98 Å². The van der Waals surface area contributed by atoms with Crippen molar-refractivity contribution in [2.75, 3.05) is 4.90 Å². The average molecular weight is 731 g/mol. The van der Waals surface area contributed by atoms with Gasteiger partial charge < -0.3 is 13.7 Å². The lowest BCUT2D eigenvalue weighted by molar-refractivity contribution is 0.620. The van der Waals surface area contributed by atoms with E-state index in [1.807, 2.05) is 42.5 Å². The Kier molecular flexibility index (Phi) is 7.78. The standard InChI is InChI=1S/C53H34N2O2/c1-3-13-36(14-4-1)44-20-9-10-23-48(44)55(40-29-25-37(26-30-40)43-21-11-18-35-15-7-8-19-42(35)43)41-31-27-38(28-32-41)45-22-12-24-49-52(45)46-33-51-47(34-50(46)56-49)54-53(57-51)39-16-5-2-6-17-39/h1-34H. The number of oxazole rings is 1. The van der Waals surface area contributed by atoms with Crippen LogP contribution in [-0.4, -0.2) is 4.98 Å². The largest absolute Gasteiger partial charge is 0.456 e. The number of nitrogens with zero attached hydrogens (tertiary/aromatic N) is 2. The number of hydrogen-bond donors (Lipinski definition) is 0. The highest BCUT2D eigenvalue weighted by molar-refractivity contribution is 6.15. The maximum absolute atomic E-state index is 6.45. The topological polar surface area (TPSA) is 42.4 Å². The Bertz CT molecular complexity index is 3210. The molecule has 0 spiro atoms. The molecule has 0 N–H and O–H groups in total. The minimum atomic E-state index is 0.597. The van der Waals surface area contributed by atoms with E-state index in [9.17, 15) is 0 Å². The van der Waals surface area contributed by atoms with Crippen LogP contribution in [0.2, 0.25) is 0 Å². The van der Waals surface area contributed by atoms with E-state index in [0.29, 0.717) is 5.89 Å². The number of para-hydroxylation sites is 1. The van der Waals surface area contributed by atoms with Crippen molar-refractivity contribution < 1.29 is 8.83 Å². The summed E-state index contributed by atoms with van der Waals surface area (Å²) in [6, 6.07) is 72.5. The molecule has 0 saturated carbocycles. The molecule has 57 heavy (non-hydrogen) atoms. The quantitative estimate of drug-likeness (QED) is 0.164. The number of benzene rings is 9. The van der Waals surface area contributed by atoms with Crippen LogP contribution in [0.4, 0.5) is 17.1 Å².